The van der Waals surface area contributed by atoms with Gasteiger partial charge in [0.1, 0.15) is 0 Å². The first-order valence-corrected chi connectivity index (χ1v) is 11.8. The second kappa shape index (κ2) is 10.1. The van der Waals surface area contributed by atoms with Crippen molar-refractivity contribution in [2.24, 2.45) is 0 Å². The number of carbonyl (C=O) groups excluding carboxylic acids is 1. The number of aryl methyl sites for hydroxylation is 1. The van der Waals surface area contributed by atoms with Gasteiger partial charge in [-0.1, -0.05) is 37.5 Å². The third-order valence-corrected chi connectivity index (χ3v) is 7.28. The molecule has 1 aromatic carbocycles. The lowest BCUT2D eigenvalue weighted by molar-refractivity contribution is -0.123. The van der Waals surface area contributed by atoms with E-state index in [2.05, 4.69) is 51.2 Å². The molecule has 2 saturated heterocycles. The summed E-state index contributed by atoms with van der Waals surface area (Å²) in [5.74, 6) is 0.178. The van der Waals surface area contributed by atoms with Crippen LogP contribution in [0.1, 0.15) is 37.7 Å². The summed E-state index contributed by atoms with van der Waals surface area (Å²) in [6.45, 7) is 11.0. The standard InChI is InChI=1S/C24H38N4O2/c1-21-7-3-4-8-22(21)27-13-11-26(12-14-27)19-23(29)25-20-24(9-5-2-6-10-24)28-15-17-30-18-16-28/h3-4,7-8H,2,5-6,9-20H2,1H3,(H,25,29). The summed E-state index contributed by atoms with van der Waals surface area (Å²) >= 11 is 0. The second-order valence-electron chi connectivity index (χ2n) is 9.21. The van der Waals surface area contributed by atoms with Crippen LogP contribution in [0.5, 0.6) is 0 Å². The Morgan fingerprint density at radius 1 is 1.00 bits per heavy atom. The van der Waals surface area contributed by atoms with Crippen LogP contribution in [0, 0.1) is 6.92 Å². The molecule has 2 heterocycles. The van der Waals surface area contributed by atoms with Gasteiger partial charge in [-0.2, -0.15) is 0 Å². The van der Waals surface area contributed by atoms with Crippen molar-refractivity contribution < 1.29 is 9.53 Å². The molecule has 1 aromatic rings. The highest BCUT2D eigenvalue weighted by molar-refractivity contribution is 5.78. The molecular formula is C24H38N4O2. The zero-order chi connectivity index (χ0) is 20.8. The number of carbonyl (C=O) groups is 1. The van der Waals surface area contributed by atoms with E-state index in [0.29, 0.717) is 6.54 Å². The van der Waals surface area contributed by atoms with Gasteiger partial charge in [0.15, 0.2) is 0 Å². The average Bonchev–Trinajstić information content (AvgIpc) is 2.80. The van der Waals surface area contributed by atoms with E-state index in [-0.39, 0.29) is 11.4 Å². The number of rotatable bonds is 6. The van der Waals surface area contributed by atoms with Crippen LogP contribution in [0.2, 0.25) is 0 Å². The van der Waals surface area contributed by atoms with Crippen LogP contribution in [0.4, 0.5) is 5.69 Å². The predicted molar refractivity (Wildman–Crippen MR) is 121 cm³/mol. The van der Waals surface area contributed by atoms with E-state index in [9.17, 15) is 4.79 Å². The smallest absolute Gasteiger partial charge is 0.234 e. The fourth-order valence-electron chi connectivity index (χ4n) is 5.44. The minimum absolute atomic E-state index is 0.140. The van der Waals surface area contributed by atoms with Gasteiger partial charge in [-0.05, 0) is 31.4 Å². The van der Waals surface area contributed by atoms with Gasteiger partial charge in [-0.25, -0.2) is 0 Å². The molecule has 0 spiro atoms. The van der Waals surface area contributed by atoms with Crippen molar-refractivity contribution in [3.05, 3.63) is 29.8 Å². The molecular weight excluding hydrogens is 376 g/mol. The molecule has 0 atom stereocenters. The number of hydrogen-bond donors (Lipinski definition) is 1. The Morgan fingerprint density at radius 3 is 2.40 bits per heavy atom. The first-order chi connectivity index (χ1) is 14.7. The quantitative estimate of drug-likeness (QED) is 0.774. The Kier molecular flexibility index (Phi) is 7.28. The maximum Gasteiger partial charge on any atom is 0.234 e. The lowest BCUT2D eigenvalue weighted by Gasteiger charge is -2.48. The first-order valence-electron chi connectivity index (χ1n) is 11.8. The summed E-state index contributed by atoms with van der Waals surface area (Å²) in [4.78, 5) is 20.1. The third kappa shape index (κ3) is 5.16. The summed E-state index contributed by atoms with van der Waals surface area (Å²) in [5.41, 5.74) is 2.79. The van der Waals surface area contributed by atoms with E-state index in [0.717, 1.165) is 59.0 Å². The summed E-state index contributed by atoms with van der Waals surface area (Å²) in [5, 5.41) is 3.31. The summed E-state index contributed by atoms with van der Waals surface area (Å²) in [7, 11) is 0. The third-order valence-electron chi connectivity index (χ3n) is 7.28. The van der Waals surface area contributed by atoms with Crippen LogP contribution in [-0.2, 0) is 9.53 Å². The highest BCUT2D eigenvalue weighted by atomic mass is 16.5. The average molecular weight is 415 g/mol. The van der Waals surface area contributed by atoms with Crippen molar-refractivity contribution in [3.63, 3.8) is 0 Å². The second-order valence-corrected chi connectivity index (χ2v) is 9.21. The molecule has 0 bridgehead atoms. The minimum atomic E-state index is 0.140. The maximum absolute atomic E-state index is 12.8. The Hall–Kier alpha value is -1.63. The van der Waals surface area contributed by atoms with Crippen LogP contribution in [-0.4, -0.2) is 86.8 Å². The molecule has 4 rings (SSSR count). The molecule has 6 heteroatoms. The van der Waals surface area contributed by atoms with Crippen molar-refractivity contribution in [2.45, 2.75) is 44.6 Å². The van der Waals surface area contributed by atoms with E-state index >= 15 is 0 Å². The van der Waals surface area contributed by atoms with Gasteiger partial charge in [0.25, 0.3) is 0 Å². The number of para-hydroxylation sites is 1. The largest absolute Gasteiger partial charge is 0.379 e. The summed E-state index contributed by atoms with van der Waals surface area (Å²) in [6.07, 6.45) is 6.26. The fourth-order valence-corrected chi connectivity index (χ4v) is 5.44. The minimum Gasteiger partial charge on any atom is -0.379 e. The van der Waals surface area contributed by atoms with Gasteiger partial charge in [0, 0.05) is 57.0 Å². The number of anilines is 1. The zero-order valence-electron chi connectivity index (χ0n) is 18.6. The van der Waals surface area contributed by atoms with Gasteiger partial charge in [0.2, 0.25) is 5.91 Å². The molecule has 6 nitrogen and oxygen atoms in total. The van der Waals surface area contributed by atoms with Crippen molar-refractivity contribution in [3.8, 4) is 0 Å². The normalized spacial score (nSPS) is 23.3. The van der Waals surface area contributed by atoms with Crippen molar-refractivity contribution in [1.82, 2.24) is 15.1 Å². The highest BCUT2D eigenvalue weighted by Gasteiger charge is 2.38. The number of nitrogens with one attached hydrogen (secondary N) is 1. The fraction of sp³-hybridized carbons (Fsp3) is 0.708. The molecule has 166 valence electrons. The Balaban J connectivity index is 1.26. The zero-order valence-corrected chi connectivity index (χ0v) is 18.6. The van der Waals surface area contributed by atoms with Crippen LogP contribution >= 0.6 is 0 Å². The van der Waals surface area contributed by atoms with Crippen LogP contribution in [0.25, 0.3) is 0 Å². The molecule has 1 saturated carbocycles. The van der Waals surface area contributed by atoms with E-state index in [4.69, 9.17) is 4.74 Å². The Labute approximate surface area is 181 Å². The van der Waals surface area contributed by atoms with Gasteiger partial charge < -0.3 is 15.0 Å². The Bertz CT molecular complexity index is 690. The lowest BCUT2D eigenvalue weighted by atomic mass is 9.79. The highest BCUT2D eigenvalue weighted by Crippen LogP contribution is 2.33. The van der Waals surface area contributed by atoms with Gasteiger partial charge in [0.05, 0.1) is 19.8 Å². The maximum atomic E-state index is 12.8. The molecule has 0 radical (unpaired) electrons. The number of amides is 1. The molecule has 2 aliphatic heterocycles. The van der Waals surface area contributed by atoms with Gasteiger partial charge in [-0.15, -0.1) is 0 Å². The first kappa shape index (κ1) is 21.6. The number of morpholine rings is 1. The molecule has 1 aliphatic carbocycles. The van der Waals surface area contributed by atoms with E-state index in [1.165, 1.54) is 43.4 Å². The molecule has 0 unspecified atom stereocenters. The number of nitrogens with zero attached hydrogens (tertiary/aromatic N) is 3. The molecule has 30 heavy (non-hydrogen) atoms. The van der Waals surface area contributed by atoms with Gasteiger partial charge in [-0.3, -0.25) is 14.6 Å². The number of hydrogen-bond acceptors (Lipinski definition) is 5. The SMILES string of the molecule is Cc1ccccc1N1CCN(CC(=O)NCC2(N3CCOCC3)CCCCC2)CC1. The molecule has 1 amide bonds. The number of piperazine rings is 1. The topological polar surface area (TPSA) is 48.0 Å². The van der Waals surface area contributed by atoms with E-state index < -0.39 is 0 Å². The van der Waals surface area contributed by atoms with Crippen LogP contribution < -0.4 is 10.2 Å². The van der Waals surface area contributed by atoms with Crippen molar-refractivity contribution >= 4 is 11.6 Å². The molecule has 3 fully saturated rings. The Morgan fingerprint density at radius 2 is 1.70 bits per heavy atom. The molecule has 3 aliphatic rings. The van der Waals surface area contributed by atoms with Crippen molar-refractivity contribution in [1.29, 1.82) is 0 Å². The summed E-state index contributed by atoms with van der Waals surface area (Å²) < 4.78 is 5.57. The van der Waals surface area contributed by atoms with Gasteiger partial charge >= 0.3 is 0 Å². The summed E-state index contributed by atoms with van der Waals surface area (Å²) in [6, 6.07) is 8.57. The van der Waals surface area contributed by atoms with Crippen LogP contribution in [0.15, 0.2) is 24.3 Å². The molecule has 1 N–H and O–H groups in total. The number of ether oxygens (including phenoxy) is 1. The predicted octanol–water partition coefficient (Wildman–Crippen LogP) is 2.27. The monoisotopic (exact) mass is 414 g/mol. The lowest BCUT2D eigenvalue weighted by Crippen LogP contribution is -2.60. The van der Waals surface area contributed by atoms with E-state index in [1.807, 2.05) is 0 Å². The molecule has 0 aromatic heterocycles. The van der Waals surface area contributed by atoms with Crippen LogP contribution in [0.3, 0.4) is 0 Å². The van der Waals surface area contributed by atoms with Crippen molar-refractivity contribution in [2.75, 3.05) is 70.5 Å². The number of benzene rings is 1. The van der Waals surface area contributed by atoms with E-state index in [1.54, 1.807) is 0 Å².